The van der Waals surface area contributed by atoms with Gasteiger partial charge in [0, 0.05) is 13.1 Å². The van der Waals surface area contributed by atoms with E-state index in [9.17, 15) is 9.59 Å². The first kappa shape index (κ1) is 15.2. The molecule has 0 unspecified atom stereocenters. The fourth-order valence-electron chi connectivity index (χ4n) is 1.68. The molecule has 1 rings (SSSR count). The molecular weight excluding hydrogens is 230 g/mol. The van der Waals surface area contributed by atoms with Crippen molar-refractivity contribution in [1.29, 1.82) is 0 Å². The topological polar surface area (TPSA) is 75.4 Å². The van der Waals surface area contributed by atoms with E-state index in [2.05, 4.69) is 19.2 Å². The zero-order chi connectivity index (χ0) is 11.5. The second-order valence-corrected chi connectivity index (χ2v) is 4.71. The largest absolute Gasteiger partial charge is 0.346 e. The molecule has 5 nitrogen and oxygen atoms in total. The molecule has 2 amide bonds. The van der Waals surface area contributed by atoms with Gasteiger partial charge in [0.15, 0.2) is 0 Å². The van der Waals surface area contributed by atoms with Gasteiger partial charge in [-0.25, -0.2) is 0 Å². The Morgan fingerprint density at radius 1 is 1.44 bits per heavy atom. The number of nitrogens with two attached hydrogens (primary N) is 1. The Balaban J connectivity index is 0.00000225. The second-order valence-electron chi connectivity index (χ2n) is 4.71. The molecule has 0 atom stereocenters. The van der Waals surface area contributed by atoms with E-state index in [1.807, 2.05) is 0 Å². The van der Waals surface area contributed by atoms with E-state index in [1.54, 1.807) is 4.90 Å². The lowest BCUT2D eigenvalue weighted by Crippen LogP contribution is -2.41. The van der Waals surface area contributed by atoms with Crippen LogP contribution in [0.3, 0.4) is 0 Å². The van der Waals surface area contributed by atoms with E-state index in [-0.39, 0.29) is 42.7 Å². The number of likely N-dealkylation sites (tertiary alicyclic amines) is 1. The van der Waals surface area contributed by atoms with Gasteiger partial charge in [0.2, 0.25) is 11.8 Å². The zero-order valence-corrected chi connectivity index (χ0v) is 10.6. The Morgan fingerprint density at radius 2 is 2.06 bits per heavy atom. The Morgan fingerprint density at radius 3 is 2.50 bits per heavy atom. The molecule has 0 aliphatic carbocycles. The number of carbonyl (C=O) groups is 2. The maximum Gasteiger partial charge on any atom is 0.241 e. The van der Waals surface area contributed by atoms with Crippen LogP contribution in [-0.2, 0) is 9.59 Å². The molecule has 1 aliphatic rings. The van der Waals surface area contributed by atoms with Crippen LogP contribution in [0.5, 0.6) is 0 Å². The zero-order valence-electron chi connectivity index (χ0n) is 9.78. The number of hydrogen-bond donors (Lipinski definition) is 2. The van der Waals surface area contributed by atoms with Crippen LogP contribution in [0.2, 0.25) is 0 Å². The van der Waals surface area contributed by atoms with E-state index in [1.165, 1.54) is 0 Å². The van der Waals surface area contributed by atoms with Gasteiger partial charge in [0.25, 0.3) is 0 Å². The quantitative estimate of drug-likeness (QED) is 0.724. The molecule has 0 bridgehead atoms. The van der Waals surface area contributed by atoms with Crippen LogP contribution in [0, 0.1) is 5.41 Å². The van der Waals surface area contributed by atoms with E-state index in [4.69, 9.17) is 5.73 Å². The molecule has 0 saturated carbocycles. The first-order valence-electron chi connectivity index (χ1n) is 5.19. The van der Waals surface area contributed by atoms with Crippen LogP contribution in [0.15, 0.2) is 0 Å². The highest BCUT2D eigenvalue weighted by molar-refractivity contribution is 5.85. The summed E-state index contributed by atoms with van der Waals surface area (Å²) in [6.45, 7) is 5.82. The van der Waals surface area contributed by atoms with Crippen LogP contribution in [-0.4, -0.2) is 42.9 Å². The molecule has 0 aromatic rings. The Kier molecular flexibility index (Phi) is 5.75. The lowest BCUT2D eigenvalue weighted by molar-refractivity contribution is -0.132. The Hall–Kier alpha value is -0.810. The minimum atomic E-state index is -0.290. The number of amides is 2. The summed E-state index contributed by atoms with van der Waals surface area (Å²) in [4.78, 5) is 24.3. The number of rotatable bonds is 3. The van der Waals surface area contributed by atoms with Crippen molar-refractivity contribution in [1.82, 2.24) is 10.2 Å². The highest BCUT2D eigenvalue weighted by Gasteiger charge is 2.31. The molecular formula is C10H20ClN3O2. The average molecular weight is 250 g/mol. The molecule has 16 heavy (non-hydrogen) atoms. The van der Waals surface area contributed by atoms with Crippen molar-refractivity contribution >= 4 is 24.2 Å². The Bertz CT molecular complexity index is 269. The van der Waals surface area contributed by atoms with Gasteiger partial charge in [-0.3, -0.25) is 9.59 Å². The predicted octanol–water partition coefficient (Wildman–Crippen LogP) is -0.258. The number of nitrogens with zero attached hydrogens (tertiary/aromatic N) is 1. The van der Waals surface area contributed by atoms with E-state index in [0.717, 1.165) is 19.5 Å². The summed E-state index contributed by atoms with van der Waals surface area (Å²) >= 11 is 0. The molecule has 0 aromatic carbocycles. The highest BCUT2D eigenvalue weighted by Crippen LogP contribution is 2.28. The summed E-state index contributed by atoms with van der Waals surface area (Å²) in [6, 6.07) is 0. The van der Waals surface area contributed by atoms with Crippen molar-refractivity contribution in [3.05, 3.63) is 0 Å². The van der Waals surface area contributed by atoms with Gasteiger partial charge in [-0.2, -0.15) is 0 Å². The molecule has 0 aromatic heterocycles. The van der Waals surface area contributed by atoms with Crippen molar-refractivity contribution in [2.24, 2.45) is 11.1 Å². The third-order valence-corrected chi connectivity index (χ3v) is 2.65. The van der Waals surface area contributed by atoms with E-state index >= 15 is 0 Å². The lowest BCUT2D eigenvalue weighted by atomic mass is 9.93. The fraction of sp³-hybridized carbons (Fsp3) is 0.800. The summed E-state index contributed by atoms with van der Waals surface area (Å²) in [5, 5.41) is 2.48. The maximum absolute atomic E-state index is 11.6. The van der Waals surface area contributed by atoms with Gasteiger partial charge in [0.1, 0.15) is 0 Å². The van der Waals surface area contributed by atoms with Gasteiger partial charge >= 0.3 is 0 Å². The summed E-state index contributed by atoms with van der Waals surface area (Å²) in [7, 11) is 0. The molecule has 6 heteroatoms. The lowest BCUT2D eigenvalue weighted by Gasteiger charge is -2.19. The average Bonchev–Trinajstić information content (AvgIpc) is 2.54. The van der Waals surface area contributed by atoms with E-state index < -0.39 is 0 Å². The predicted molar refractivity (Wildman–Crippen MR) is 64.3 cm³/mol. The summed E-state index contributed by atoms with van der Waals surface area (Å²) in [5.41, 5.74) is 5.32. The number of nitrogens with one attached hydrogen (secondary N) is 1. The van der Waals surface area contributed by atoms with Crippen LogP contribution in [0.4, 0.5) is 0 Å². The smallest absolute Gasteiger partial charge is 0.241 e. The summed E-state index contributed by atoms with van der Waals surface area (Å²) < 4.78 is 0. The fourth-order valence-corrected chi connectivity index (χ4v) is 1.68. The molecule has 0 radical (unpaired) electrons. The summed E-state index contributed by atoms with van der Waals surface area (Å²) in [5.74, 6) is -0.316. The SMILES string of the molecule is CC1(C)CCN(C(=O)CNC(=O)CN)C1.Cl. The van der Waals surface area contributed by atoms with Gasteiger partial charge in [-0.05, 0) is 11.8 Å². The van der Waals surface area contributed by atoms with Gasteiger partial charge in [0.05, 0.1) is 13.1 Å². The molecule has 1 saturated heterocycles. The molecule has 1 aliphatic heterocycles. The van der Waals surface area contributed by atoms with Crippen molar-refractivity contribution in [2.45, 2.75) is 20.3 Å². The molecule has 94 valence electrons. The van der Waals surface area contributed by atoms with Crippen LogP contribution in [0.1, 0.15) is 20.3 Å². The molecule has 3 N–H and O–H groups in total. The summed E-state index contributed by atoms with van der Waals surface area (Å²) in [6.07, 6.45) is 1.02. The van der Waals surface area contributed by atoms with Crippen LogP contribution < -0.4 is 11.1 Å². The minimum absolute atomic E-state index is 0. The number of carbonyl (C=O) groups excluding carboxylic acids is 2. The van der Waals surface area contributed by atoms with Crippen molar-refractivity contribution in [3.63, 3.8) is 0 Å². The third-order valence-electron chi connectivity index (χ3n) is 2.65. The first-order valence-corrected chi connectivity index (χ1v) is 5.19. The van der Waals surface area contributed by atoms with Crippen LogP contribution in [0.25, 0.3) is 0 Å². The first-order chi connectivity index (χ1) is 6.94. The Labute approximate surface area is 102 Å². The maximum atomic E-state index is 11.6. The normalized spacial score (nSPS) is 17.8. The van der Waals surface area contributed by atoms with Crippen molar-refractivity contribution < 1.29 is 9.59 Å². The molecule has 0 spiro atoms. The van der Waals surface area contributed by atoms with Gasteiger partial charge in [-0.15, -0.1) is 12.4 Å². The van der Waals surface area contributed by atoms with Crippen molar-refractivity contribution in [2.75, 3.05) is 26.2 Å². The van der Waals surface area contributed by atoms with Gasteiger partial charge in [-0.1, -0.05) is 13.8 Å². The number of halogens is 1. The van der Waals surface area contributed by atoms with E-state index in [0.29, 0.717) is 0 Å². The monoisotopic (exact) mass is 249 g/mol. The molecule has 1 heterocycles. The molecule has 1 fully saturated rings. The third kappa shape index (κ3) is 4.37. The van der Waals surface area contributed by atoms with Crippen molar-refractivity contribution in [3.8, 4) is 0 Å². The standard InChI is InChI=1S/C10H19N3O2.ClH/c1-10(2)3-4-13(7-10)9(15)6-12-8(14)5-11;/h3-7,11H2,1-2H3,(H,12,14);1H. The van der Waals surface area contributed by atoms with Gasteiger partial charge < -0.3 is 16.0 Å². The van der Waals surface area contributed by atoms with Crippen LogP contribution >= 0.6 is 12.4 Å². The minimum Gasteiger partial charge on any atom is -0.346 e. The highest BCUT2D eigenvalue weighted by atomic mass is 35.5. The number of hydrogen-bond acceptors (Lipinski definition) is 3. The second kappa shape index (κ2) is 6.06.